The zero-order valence-electron chi connectivity index (χ0n) is 10.8. The molecule has 2 aromatic carbocycles. The molecule has 0 radical (unpaired) electrons. The van der Waals surface area contributed by atoms with E-state index in [1.807, 2.05) is 0 Å². The molecule has 0 atom stereocenters. The van der Waals surface area contributed by atoms with Gasteiger partial charge in [-0.2, -0.15) is 8.78 Å². The minimum atomic E-state index is -3.45. The first-order chi connectivity index (χ1) is 10.0. The Morgan fingerprint density at radius 3 is 2.48 bits per heavy atom. The highest BCUT2D eigenvalue weighted by Crippen LogP contribution is 2.35. The van der Waals surface area contributed by atoms with E-state index in [-0.39, 0.29) is 5.76 Å². The van der Waals surface area contributed by atoms with Gasteiger partial charge in [0.25, 0.3) is 0 Å². The van der Waals surface area contributed by atoms with Crippen molar-refractivity contribution in [2.45, 2.75) is 6.11 Å². The lowest BCUT2D eigenvalue weighted by Crippen LogP contribution is -2.24. The molecule has 0 aliphatic carbocycles. The van der Waals surface area contributed by atoms with E-state index in [0.717, 1.165) is 0 Å². The van der Waals surface area contributed by atoms with Crippen LogP contribution in [-0.4, -0.2) is 11.8 Å². The summed E-state index contributed by atoms with van der Waals surface area (Å²) >= 11 is 5.82. The molecule has 5 heteroatoms. The summed E-state index contributed by atoms with van der Waals surface area (Å²) in [6, 6.07) is 15.1. The third-order valence-corrected chi connectivity index (χ3v) is 3.16. The molecule has 106 valence electrons. The van der Waals surface area contributed by atoms with E-state index in [9.17, 15) is 8.78 Å². The molecule has 0 bridgehead atoms. The average molecular weight is 306 g/mol. The first kappa shape index (κ1) is 13.8. The van der Waals surface area contributed by atoms with Crippen LogP contribution in [0.2, 0.25) is 5.02 Å². The quantitative estimate of drug-likeness (QED) is 0.758. The van der Waals surface area contributed by atoms with Crippen molar-refractivity contribution in [3.8, 4) is 0 Å². The molecule has 0 saturated carbocycles. The van der Waals surface area contributed by atoms with Crippen molar-refractivity contribution >= 4 is 28.8 Å². The second-order valence-corrected chi connectivity index (χ2v) is 4.91. The van der Waals surface area contributed by atoms with Gasteiger partial charge in [-0.25, -0.2) is 4.99 Å². The van der Waals surface area contributed by atoms with E-state index in [1.165, 1.54) is 12.1 Å². The number of rotatable bonds is 2. The Morgan fingerprint density at radius 2 is 1.76 bits per heavy atom. The summed E-state index contributed by atoms with van der Waals surface area (Å²) in [6.07, 6.45) is -2.20. The zero-order valence-corrected chi connectivity index (χ0v) is 11.5. The summed E-state index contributed by atoms with van der Waals surface area (Å²) in [7, 11) is 0. The molecular formula is C16H10ClF2NO. The van der Waals surface area contributed by atoms with Crippen LogP contribution in [0, 0.1) is 0 Å². The predicted octanol–water partition coefficient (Wildman–Crippen LogP) is 5.08. The molecule has 3 rings (SSSR count). The van der Waals surface area contributed by atoms with Crippen molar-refractivity contribution in [3.63, 3.8) is 0 Å². The second-order valence-electron chi connectivity index (χ2n) is 4.47. The van der Waals surface area contributed by atoms with Crippen LogP contribution in [0.5, 0.6) is 0 Å². The van der Waals surface area contributed by atoms with Crippen LogP contribution in [0.25, 0.3) is 5.76 Å². The highest BCUT2D eigenvalue weighted by molar-refractivity contribution is 6.30. The van der Waals surface area contributed by atoms with E-state index in [1.54, 1.807) is 48.5 Å². The summed E-state index contributed by atoms with van der Waals surface area (Å²) in [5.74, 6) is 0.0985. The summed E-state index contributed by atoms with van der Waals surface area (Å²) in [5.41, 5.74) is 0.489. The number of hydrogen-bond acceptors (Lipinski definition) is 2. The van der Waals surface area contributed by atoms with Crippen LogP contribution in [0.1, 0.15) is 5.56 Å². The van der Waals surface area contributed by atoms with Gasteiger partial charge < -0.3 is 4.74 Å². The van der Waals surface area contributed by atoms with Crippen molar-refractivity contribution in [1.29, 1.82) is 0 Å². The Morgan fingerprint density at radius 1 is 1.00 bits per heavy atom. The third-order valence-electron chi connectivity index (χ3n) is 2.92. The molecule has 0 unspecified atom stereocenters. The van der Waals surface area contributed by atoms with Crippen LogP contribution in [0.3, 0.4) is 0 Å². The Balaban J connectivity index is 1.99. The zero-order chi connectivity index (χ0) is 14.9. The molecule has 1 heterocycles. The number of hydrogen-bond donors (Lipinski definition) is 0. The molecule has 0 aromatic heterocycles. The monoisotopic (exact) mass is 305 g/mol. The highest BCUT2D eigenvalue weighted by Gasteiger charge is 2.44. The molecule has 1 aliphatic rings. The van der Waals surface area contributed by atoms with Gasteiger partial charge in [0.15, 0.2) is 5.71 Å². The lowest BCUT2D eigenvalue weighted by Gasteiger charge is -2.12. The third kappa shape index (κ3) is 2.95. The second kappa shape index (κ2) is 5.30. The van der Waals surface area contributed by atoms with Crippen LogP contribution in [0.4, 0.5) is 14.5 Å². The van der Waals surface area contributed by atoms with E-state index in [2.05, 4.69) is 4.99 Å². The van der Waals surface area contributed by atoms with Crippen molar-refractivity contribution in [2.75, 3.05) is 0 Å². The Labute approximate surface area is 125 Å². The number of nitrogens with zero attached hydrogens (tertiary/aromatic N) is 1. The van der Waals surface area contributed by atoms with Crippen LogP contribution in [0.15, 0.2) is 65.7 Å². The topological polar surface area (TPSA) is 21.6 Å². The highest BCUT2D eigenvalue weighted by atomic mass is 35.5. The molecule has 21 heavy (non-hydrogen) atoms. The maximum Gasteiger partial charge on any atom is 0.444 e. The molecule has 0 fully saturated rings. The summed E-state index contributed by atoms with van der Waals surface area (Å²) in [6.45, 7) is 0. The smallest absolute Gasteiger partial charge is 0.427 e. The van der Waals surface area contributed by atoms with Crippen molar-refractivity contribution in [1.82, 2.24) is 0 Å². The van der Waals surface area contributed by atoms with Gasteiger partial charge in [-0.05, 0) is 18.2 Å². The number of alkyl halides is 2. The lowest BCUT2D eigenvalue weighted by atomic mass is 10.2. The predicted molar refractivity (Wildman–Crippen MR) is 79.0 cm³/mol. The van der Waals surface area contributed by atoms with Crippen molar-refractivity contribution < 1.29 is 13.5 Å². The SMILES string of the molecule is FC1(F)OC(c2ccccc2)=CC1=Nc1cccc(Cl)c1. The fourth-order valence-corrected chi connectivity index (χ4v) is 2.14. The van der Waals surface area contributed by atoms with Crippen molar-refractivity contribution in [3.05, 3.63) is 71.3 Å². The molecular weight excluding hydrogens is 296 g/mol. The van der Waals surface area contributed by atoms with Gasteiger partial charge in [-0.3, -0.25) is 0 Å². The molecule has 0 saturated heterocycles. The molecule has 0 N–H and O–H groups in total. The Bertz CT molecular complexity index is 726. The van der Waals surface area contributed by atoms with Gasteiger partial charge in [0, 0.05) is 16.7 Å². The minimum absolute atomic E-state index is 0.0985. The van der Waals surface area contributed by atoms with Gasteiger partial charge in [0.2, 0.25) is 0 Å². The molecule has 0 spiro atoms. The normalized spacial score (nSPS) is 18.4. The largest absolute Gasteiger partial charge is 0.444 e. The van der Waals surface area contributed by atoms with Gasteiger partial charge in [-0.1, -0.05) is 48.0 Å². The minimum Gasteiger partial charge on any atom is -0.427 e. The van der Waals surface area contributed by atoms with Gasteiger partial charge in [-0.15, -0.1) is 0 Å². The fourth-order valence-electron chi connectivity index (χ4n) is 1.95. The molecule has 2 nitrogen and oxygen atoms in total. The number of benzene rings is 2. The summed E-state index contributed by atoms with van der Waals surface area (Å²) in [5, 5.41) is 0.436. The van der Waals surface area contributed by atoms with E-state index in [4.69, 9.17) is 16.3 Å². The number of halogens is 3. The van der Waals surface area contributed by atoms with Gasteiger partial charge in [0.1, 0.15) is 5.76 Å². The van der Waals surface area contributed by atoms with Crippen LogP contribution >= 0.6 is 11.6 Å². The van der Waals surface area contributed by atoms with Crippen LogP contribution in [-0.2, 0) is 4.74 Å². The molecule has 2 aromatic rings. The average Bonchev–Trinajstić information content (AvgIpc) is 2.75. The van der Waals surface area contributed by atoms with E-state index >= 15 is 0 Å². The van der Waals surface area contributed by atoms with E-state index in [0.29, 0.717) is 16.3 Å². The maximum absolute atomic E-state index is 13.9. The standard InChI is InChI=1S/C16H10ClF2NO/c17-12-7-4-8-13(9-12)20-15-10-14(21-16(15,18)19)11-5-2-1-3-6-11/h1-10H. The van der Waals surface area contributed by atoms with Gasteiger partial charge in [0.05, 0.1) is 5.69 Å². The van der Waals surface area contributed by atoms with Crippen LogP contribution < -0.4 is 0 Å². The summed E-state index contributed by atoms with van der Waals surface area (Å²) < 4.78 is 32.5. The molecule has 1 aliphatic heterocycles. The lowest BCUT2D eigenvalue weighted by molar-refractivity contribution is -0.125. The Hall–Kier alpha value is -2.20. The van der Waals surface area contributed by atoms with E-state index < -0.39 is 11.8 Å². The Kier molecular flexibility index (Phi) is 3.47. The maximum atomic E-state index is 13.9. The van der Waals surface area contributed by atoms with Crippen molar-refractivity contribution in [2.24, 2.45) is 4.99 Å². The fraction of sp³-hybridized carbons (Fsp3) is 0.0625. The first-order valence-electron chi connectivity index (χ1n) is 6.23. The first-order valence-corrected chi connectivity index (χ1v) is 6.61. The number of aliphatic imine (C=N–C) groups is 1. The van der Waals surface area contributed by atoms with Gasteiger partial charge >= 0.3 is 6.11 Å². The molecule has 0 amide bonds. The summed E-state index contributed by atoms with van der Waals surface area (Å²) in [4.78, 5) is 3.93. The number of ether oxygens (including phenoxy) is 1.